The van der Waals surface area contributed by atoms with E-state index in [0.29, 0.717) is 5.56 Å². The third kappa shape index (κ3) is 4.50. The summed E-state index contributed by atoms with van der Waals surface area (Å²) in [4.78, 5) is -0.0478. The van der Waals surface area contributed by atoms with Crippen molar-refractivity contribution in [2.45, 2.75) is 24.5 Å². The minimum atomic E-state index is -3.87. The Morgan fingerprint density at radius 1 is 1.17 bits per heavy atom. The Bertz CT molecular complexity index is 864. The molecule has 0 aliphatic carbocycles. The molecule has 0 radical (unpaired) electrons. The SMILES string of the molecule is CC(NS(=O)(=O)c1cccc(C#N)c1)c1cccc(OC(F)F)c1. The van der Waals surface area contributed by atoms with Gasteiger partial charge in [-0.25, -0.2) is 13.1 Å². The number of sulfonamides is 1. The van der Waals surface area contributed by atoms with E-state index in [0.717, 1.165) is 0 Å². The van der Waals surface area contributed by atoms with E-state index in [1.165, 1.54) is 42.5 Å². The van der Waals surface area contributed by atoms with Crippen molar-refractivity contribution in [3.63, 3.8) is 0 Å². The van der Waals surface area contributed by atoms with Crippen LogP contribution in [-0.4, -0.2) is 15.0 Å². The maximum absolute atomic E-state index is 12.4. The highest BCUT2D eigenvalue weighted by Crippen LogP contribution is 2.22. The summed E-state index contributed by atoms with van der Waals surface area (Å²) in [7, 11) is -3.87. The van der Waals surface area contributed by atoms with E-state index in [-0.39, 0.29) is 16.2 Å². The molecule has 1 unspecified atom stereocenters. The van der Waals surface area contributed by atoms with Gasteiger partial charge in [-0.15, -0.1) is 0 Å². The zero-order chi connectivity index (χ0) is 17.7. The number of hydrogen-bond acceptors (Lipinski definition) is 4. The van der Waals surface area contributed by atoms with E-state index in [2.05, 4.69) is 9.46 Å². The predicted octanol–water partition coefficient (Wildman–Crippen LogP) is 3.20. The molecular weight excluding hydrogens is 338 g/mol. The van der Waals surface area contributed by atoms with Gasteiger partial charge in [0, 0.05) is 6.04 Å². The zero-order valence-corrected chi connectivity index (χ0v) is 13.4. The fourth-order valence-electron chi connectivity index (χ4n) is 2.06. The molecule has 0 saturated carbocycles. The topological polar surface area (TPSA) is 79.2 Å². The van der Waals surface area contributed by atoms with Crippen molar-refractivity contribution in [3.05, 3.63) is 59.7 Å². The smallest absolute Gasteiger partial charge is 0.387 e. The summed E-state index contributed by atoms with van der Waals surface area (Å²) >= 11 is 0. The first kappa shape index (κ1) is 17.8. The number of nitrogens with one attached hydrogen (secondary N) is 1. The minimum absolute atomic E-state index is 0.0478. The number of rotatable bonds is 6. The number of nitrogens with zero attached hydrogens (tertiary/aromatic N) is 1. The van der Waals surface area contributed by atoms with E-state index in [1.54, 1.807) is 13.0 Å². The Morgan fingerprint density at radius 3 is 2.54 bits per heavy atom. The van der Waals surface area contributed by atoms with Gasteiger partial charge in [0.1, 0.15) is 5.75 Å². The molecule has 2 aromatic rings. The van der Waals surface area contributed by atoms with Crippen LogP contribution in [0, 0.1) is 11.3 Å². The van der Waals surface area contributed by atoms with Gasteiger partial charge in [-0.2, -0.15) is 14.0 Å². The molecule has 0 fully saturated rings. The second-order valence-electron chi connectivity index (χ2n) is 4.93. The lowest BCUT2D eigenvalue weighted by molar-refractivity contribution is -0.0499. The maximum Gasteiger partial charge on any atom is 0.387 e. The molecule has 1 atom stereocenters. The van der Waals surface area contributed by atoms with E-state index in [1.807, 2.05) is 6.07 Å². The monoisotopic (exact) mass is 352 g/mol. The largest absolute Gasteiger partial charge is 0.435 e. The predicted molar refractivity (Wildman–Crippen MR) is 83.0 cm³/mol. The summed E-state index contributed by atoms with van der Waals surface area (Å²) in [5.41, 5.74) is 0.686. The van der Waals surface area contributed by atoms with E-state index >= 15 is 0 Å². The Labute approximate surface area is 138 Å². The van der Waals surface area contributed by atoms with Crippen molar-refractivity contribution in [1.29, 1.82) is 5.26 Å². The summed E-state index contributed by atoms with van der Waals surface area (Å²) in [5.74, 6) is -0.0555. The first-order valence-corrected chi connectivity index (χ1v) is 8.37. The van der Waals surface area contributed by atoms with Crippen LogP contribution in [0.3, 0.4) is 0 Å². The molecule has 5 nitrogen and oxygen atoms in total. The Hall–Kier alpha value is -2.50. The van der Waals surface area contributed by atoms with Crippen molar-refractivity contribution in [2.24, 2.45) is 0 Å². The van der Waals surface area contributed by atoms with Gasteiger partial charge in [-0.3, -0.25) is 0 Å². The van der Waals surface area contributed by atoms with Crippen LogP contribution < -0.4 is 9.46 Å². The molecule has 126 valence electrons. The van der Waals surface area contributed by atoms with Gasteiger partial charge in [-0.1, -0.05) is 18.2 Å². The molecular formula is C16H14F2N2O3S. The lowest BCUT2D eigenvalue weighted by Gasteiger charge is -2.16. The van der Waals surface area contributed by atoms with Gasteiger partial charge in [0.05, 0.1) is 16.5 Å². The van der Waals surface area contributed by atoms with Gasteiger partial charge in [0.2, 0.25) is 10.0 Å². The average Bonchev–Trinajstić information content (AvgIpc) is 2.54. The number of nitriles is 1. The first-order chi connectivity index (χ1) is 11.3. The number of halogens is 2. The van der Waals surface area contributed by atoms with Crippen LogP contribution in [0.1, 0.15) is 24.1 Å². The molecule has 0 aromatic heterocycles. The van der Waals surface area contributed by atoms with E-state index in [4.69, 9.17) is 5.26 Å². The first-order valence-electron chi connectivity index (χ1n) is 6.89. The van der Waals surface area contributed by atoms with Crippen LogP contribution in [0.25, 0.3) is 0 Å². The average molecular weight is 352 g/mol. The van der Waals surface area contributed by atoms with Crippen LogP contribution in [-0.2, 0) is 10.0 Å². The van der Waals surface area contributed by atoms with Crippen molar-refractivity contribution in [1.82, 2.24) is 4.72 Å². The van der Waals surface area contributed by atoms with Crippen molar-refractivity contribution >= 4 is 10.0 Å². The van der Waals surface area contributed by atoms with Gasteiger partial charge < -0.3 is 4.74 Å². The van der Waals surface area contributed by atoms with Gasteiger partial charge >= 0.3 is 6.61 Å². The number of ether oxygens (including phenoxy) is 1. The molecule has 2 rings (SSSR count). The molecule has 1 N–H and O–H groups in total. The lowest BCUT2D eigenvalue weighted by atomic mass is 10.1. The normalized spacial score (nSPS) is 12.6. The highest BCUT2D eigenvalue weighted by Gasteiger charge is 2.19. The Kier molecular flexibility index (Phi) is 5.49. The minimum Gasteiger partial charge on any atom is -0.435 e. The number of alkyl halides is 2. The summed E-state index contributed by atoms with van der Waals surface area (Å²) in [5, 5.41) is 8.85. The molecule has 0 amide bonds. The summed E-state index contributed by atoms with van der Waals surface area (Å²) in [6.07, 6.45) is 0. The fraction of sp³-hybridized carbons (Fsp3) is 0.188. The van der Waals surface area contributed by atoms with Crippen LogP contribution in [0.2, 0.25) is 0 Å². The molecule has 24 heavy (non-hydrogen) atoms. The van der Waals surface area contributed by atoms with Crippen LogP contribution in [0.4, 0.5) is 8.78 Å². The zero-order valence-electron chi connectivity index (χ0n) is 12.6. The maximum atomic E-state index is 12.4. The molecule has 0 spiro atoms. The summed E-state index contributed by atoms with van der Waals surface area (Å²) in [6.45, 7) is -1.38. The van der Waals surface area contributed by atoms with Crippen LogP contribution in [0.5, 0.6) is 5.75 Å². The highest BCUT2D eigenvalue weighted by atomic mass is 32.2. The molecule has 8 heteroatoms. The molecule has 0 aliphatic heterocycles. The third-order valence-electron chi connectivity index (χ3n) is 3.19. The van der Waals surface area contributed by atoms with E-state index in [9.17, 15) is 17.2 Å². The van der Waals surface area contributed by atoms with Crippen molar-refractivity contribution in [2.75, 3.05) is 0 Å². The third-order valence-corrected chi connectivity index (χ3v) is 4.73. The standard InChI is InChI=1S/C16H14F2N2O3S/c1-11(13-5-3-6-14(9-13)23-16(17)18)20-24(21,22)15-7-2-4-12(8-15)10-19/h2-9,11,16,20H,1H3. The van der Waals surface area contributed by atoms with Gasteiger partial charge in [-0.05, 0) is 42.8 Å². The van der Waals surface area contributed by atoms with Gasteiger partial charge in [0.25, 0.3) is 0 Å². The molecule has 2 aromatic carbocycles. The summed E-state index contributed by atoms with van der Waals surface area (Å²) in [6, 6.07) is 12.6. The molecule has 0 aliphatic rings. The molecule has 0 bridgehead atoms. The number of benzene rings is 2. The Balaban J connectivity index is 2.22. The van der Waals surface area contributed by atoms with Crippen molar-refractivity contribution < 1.29 is 21.9 Å². The molecule has 0 heterocycles. The summed E-state index contributed by atoms with van der Waals surface area (Å²) < 4.78 is 56.0. The quantitative estimate of drug-likeness (QED) is 0.866. The lowest BCUT2D eigenvalue weighted by Crippen LogP contribution is -2.27. The van der Waals surface area contributed by atoms with Crippen molar-refractivity contribution in [3.8, 4) is 11.8 Å². The second kappa shape index (κ2) is 7.38. The fourth-order valence-corrected chi connectivity index (χ4v) is 3.34. The van der Waals surface area contributed by atoms with Gasteiger partial charge in [0.15, 0.2) is 0 Å². The van der Waals surface area contributed by atoms with Crippen LogP contribution in [0.15, 0.2) is 53.4 Å². The second-order valence-corrected chi connectivity index (χ2v) is 6.65. The van der Waals surface area contributed by atoms with Crippen LogP contribution >= 0.6 is 0 Å². The van der Waals surface area contributed by atoms with E-state index < -0.39 is 22.7 Å². The molecule has 0 saturated heterocycles. The highest BCUT2D eigenvalue weighted by molar-refractivity contribution is 7.89. The Morgan fingerprint density at radius 2 is 1.88 bits per heavy atom. The number of hydrogen-bond donors (Lipinski definition) is 1.